The number of alkyl halides is 3. The molecule has 0 spiro atoms. The third kappa shape index (κ3) is 7.88. The lowest BCUT2D eigenvalue weighted by atomic mass is 10.1. The number of nitrogens with zero attached hydrogens (tertiary/aromatic N) is 4. The van der Waals surface area contributed by atoms with E-state index in [0.717, 1.165) is 12.1 Å². The Labute approximate surface area is 177 Å². The van der Waals surface area contributed by atoms with E-state index in [0.29, 0.717) is 30.4 Å². The molecule has 0 aliphatic heterocycles. The third-order valence-corrected chi connectivity index (χ3v) is 3.49. The summed E-state index contributed by atoms with van der Waals surface area (Å²) in [5.41, 5.74) is 0.446. The van der Waals surface area contributed by atoms with Crippen molar-refractivity contribution in [1.82, 2.24) is 25.4 Å². The molecular weight excluding hydrogens is 492 g/mol. The minimum atomic E-state index is -4.75. The Bertz CT molecular complexity index is 752. The van der Waals surface area contributed by atoms with Crippen LogP contribution in [0.15, 0.2) is 35.6 Å². The van der Waals surface area contributed by atoms with Gasteiger partial charge in [-0.1, -0.05) is 12.1 Å². The Morgan fingerprint density at radius 2 is 1.96 bits per heavy atom. The van der Waals surface area contributed by atoms with Gasteiger partial charge in [0.1, 0.15) is 24.4 Å². The number of ether oxygens (including phenoxy) is 1. The molecule has 0 fully saturated rings. The first-order valence-electron chi connectivity index (χ1n) is 8.17. The van der Waals surface area contributed by atoms with Crippen LogP contribution >= 0.6 is 24.0 Å². The second kappa shape index (κ2) is 11.0. The second-order valence-corrected chi connectivity index (χ2v) is 5.51. The number of aliphatic imine (C=N–C) groups is 1. The highest BCUT2D eigenvalue weighted by molar-refractivity contribution is 14.0. The van der Waals surface area contributed by atoms with Gasteiger partial charge in [-0.05, 0) is 24.6 Å². The summed E-state index contributed by atoms with van der Waals surface area (Å²) in [6, 6.07) is 5.05. The molecule has 3 N–H and O–H groups in total. The van der Waals surface area contributed by atoms with E-state index >= 15 is 0 Å². The average Bonchev–Trinajstić information content (AvgIpc) is 3.01. The van der Waals surface area contributed by atoms with Gasteiger partial charge in [0.05, 0.1) is 6.10 Å². The molecule has 2 rings (SSSR count). The van der Waals surface area contributed by atoms with Crippen molar-refractivity contribution >= 4 is 29.9 Å². The molecule has 0 aliphatic carbocycles. The predicted molar refractivity (Wildman–Crippen MR) is 107 cm³/mol. The fourth-order valence-corrected chi connectivity index (χ4v) is 2.16. The van der Waals surface area contributed by atoms with Crippen molar-refractivity contribution in [2.24, 2.45) is 12.0 Å². The molecule has 0 radical (unpaired) electrons. The summed E-state index contributed by atoms with van der Waals surface area (Å²) in [7, 11) is 1.76. The number of benzene rings is 1. The van der Waals surface area contributed by atoms with Crippen LogP contribution in [0, 0.1) is 0 Å². The molecule has 1 aromatic carbocycles. The molecule has 8 nitrogen and oxygen atoms in total. The smallest absolute Gasteiger partial charge is 0.406 e. The Hall–Kier alpha value is -2.09. The first kappa shape index (κ1) is 23.9. The summed E-state index contributed by atoms with van der Waals surface area (Å²) in [4.78, 5) is 8.42. The zero-order valence-electron chi connectivity index (χ0n) is 15.3. The van der Waals surface area contributed by atoms with Gasteiger partial charge in [-0.3, -0.25) is 4.68 Å². The van der Waals surface area contributed by atoms with E-state index < -0.39 is 12.5 Å². The van der Waals surface area contributed by atoms with Gasteiger partial charge >= 0.3 is 6.36 Å². The Balaban J connectivity index is 0.00000392. The molecule has 0 saturated carbocycles. The first-order valence-corrected chi connectivity index (χ1v) is 8.17. The Morgan fingerprint density at radius 3 is 2.50 bits per heavy atom. The van der Waals surface area contributed by atoms with Crippen LogP contribution in [0.25, 0.3) is 0 Å². The first-order chi connectivity index (χ1) is 12.8. The highest BCUT2D eigenvalue weighted by Crippen LogP contribution is 2.24. The second-order valence-electron chi connectivity index (χ2n) is 5.51. The number of hydrogen-bond acceptors (Lipinski definition) is 5. The number of aliphatic hydroxyl groups excluding tert-OH is 1. The van der Waals surface area contributed by atoms with Crippen molar-refractivity contribution in [2.75, 3.05) is 13.1 Å². The molecule has 0 saturated heterocycles. The van der Waals surface area contributed by atoms with E-state index in [1.165, 1.54) is 18.5 Å². The van der Waals surface area contributed by atoms with Crippen molar-refractivity contribution in [3.63, 3.8) is 0 Å². The van der Waals surface area contributed by atoms with Gasteiger partial charge in [0.2, 0.25) is 0 Å². The molecule has 12 heteroatoms. The van der Waals surface area contributed by atoms with E-state index in [2.05, 4.69) is 30.4 Å². The van der Waals surface area contributed by atoms with Gasteiger partial charge in [0.25, 0.3) is 0 Å². The van der Waals surface area contributed by atoms with Crippen molar-refractivity contribution < 1.29 is 23.0 Å². The van der Waals surface area contributed by atoms with Crippen molar-refractivity contribution in [1.29, 1.82) is 0 Å². The fourth-order valence-electron chi connectivity index (χ4n) is 2.16. The fraction of sp³-hybridized carbons (Fsp3) is 0.438. The molecule has 156 valence electrons. The summed E-state index contributed by atoms with van der Waals surface area (Å²) >= 11 is 0. The van der Waals surface area contributed by atoms with E-state index in [1.807, 2.05) is 6.92 Å². The van der Waals surface area contributed by atoms with Crippen molar-refractivity contribution in [2.45, 2.75) is 25.9 Å². The molecule has 1 atom stereocenters. The average molecular weight is 514 g/mol. The van der Waals surface area contributed by atoms with E-state index in [4.69, 9.17) is 0 Å². The number of guanidine groups is 1. The quantitative estimate of drug-likeness (QED) is 0.298. The van der Waals surface area contributed by atoms with Gasteiger partial charge in [-0.25, -0.2) is 9.98 Å². The number of aromatic nitrogens is 3. The van der Waals surface area contributed by atoms with E-state index in [-0.39, 0.29) is 36.3 Å². The lowest BCUT2D eigenvalue weighted by Gasteiger charge is -2.16. The number of nitrogens with one attached hydrogen (secondary N) is 2. The van der Waals surface area contributed by atoms with Gasteiger partial charge in [0.15, 0.2) is 5.96 Å². The number of halogens is 4. The topological polar surface area (TPSA) is 96.6 Å². The molecule has 0 aliphatic rings. The number of aliphatic hydroxyl groups is 1. The Morgan fingerprint density at radius 1 is 1.29 bits per heavy atom. The summed E-state index contributed by atoms with van der Waals surface area (Å²) in [5.74, 6) is 0.801. The van der Waals surface area contributed by atoms with Crippen molar-refractivity contribution in [3.05, 3.63) is 42.0 Å². The molecule has 2 aromatic rings. The SMILES string of the molecule is CCNC(=NCc1ncnn1C)NCC(O)c1ccc(OC(F)(F)F)cc1.I. The van der Waals surface area contributed by atoms with Gasteiger partial charge < -0.3 is 20.5 Å². The normalized spacial score (nSPS) is 12.9. The highest BCUT2D eigenvalue weighted by atomic mass is 127. The van der Waals surface area contributed by atoms with Crippen molar-refractivity contribution in [3.8, 4) is 5.75 Å². The van der Waals surface area contributed by atoms with Crippen LogP contribution in [0.4, 0.5) is 13.2 Å². The number of rotatable bonds is 7. The van der Waals surface area contributed by atoms with Gasteiger partial charge in [0, 0.05) is 20.1 Å². The number of aryl methyl sites for hydroxylation is 1. The van der Waals surface area contributed by atoms with Gasteiger partial charge in [-0.2, -0.15) is 5.10 Å². The molecule has 0 amide bonds. The molecule has 1 aromatic heterocycles. The van der Waals surface area contributed by atoms with Crippen LogP contribution in [0.5, 0.6) is 5.75 Å². The van der Waals surface area contributed by atoms with Crippen LogP contribution < -0.4 is 15.4 Å². The monoisotopic (exact) mass is 514 g/mol. The molecule has 1 unspecified atom stereocenters. The van der Waals surface area contributed by atoms with Crippen LogP contribution in [-0.4, -0.2) is 45.3 Å². The summed E-state index contributed by atoms with van der Waals surface area (Å²) < 4.78 is 41.9. The van der Waals surface area contributed by atoms with Gasteiger partial charge in [-0.15, -0.1) is 37.1 Å². The highest BCUT2D eigenvalue weighted by Gasteiger charge is 2.31. The molecule has 1 heterocycles. The zero-order chi connectivity index (χ0) is 19.9. The molecule has 0 bridgehead atoms. The lowest BCUT2D eigenvalue weighted by molar-refractivity contribution is -0.274. The Kier molecular flexibility index (Phi) is 9.45. The third-order valence-electron chi connectivity index (χ3n) is 3.49. The maximum atomic E-state index is 12.2. The van der Waals surface area contributed by atoms with Crippen LogP contribution in [0.2, 0.25) is 0 Å². The maximum absolute atomic E-state index is 12.2. The van der Waals surface area contributed by atoms with Crippen LogP contribution in [0.3, 0.4) is 0 Å². The standard InChI is InChI=1S/C16H21F3N6O2.HI/c1-3-20-15(22-9-14-23-10-24-25(14)2)21-8-13(26)11-4-6-12(7-5-11)27-16(17,18)19;/h4-7,10,13,26H,3,8-9H2,1-2H3,(H2,20,21,22);1H. The summed E-state index contributed by atoms with van der Waals surface area (Å²) in [5, 5.41) is 20.2. The minimum Gasteiger partial charge on any atom is -0.406 e. The lowest BCUT2D eigenvalue weighted by Crippen LogP contribution is -2.39. The predicted octanol–water partition coefficient (Wildman–Crippen LogP) is 2.12. The molecular formula is C16H22F3IN6O2. The minimum absolute atomic E-state index is 0. The van der Waals surface area contributed by atoms with E-state index in [9.17, 15) is 18.3 Å². The summed E-state index contributed by atoms with van der Waals surface area (Å²) in [6.07, 6.45) is -4.26. The maximum Gasteiger partial charge on any atom is 0.573 e. The largest absolute Gasteiger partial charge is 0.573 e. The van der Waals surface area contributed by atoms with E-state index in [1.54, 1.807) is 11.7 Å². The zero-order valence-corrected chi connectivity index (χ0v) is 17.6. The summed E-state index contributed by atoms with van der Waals surface area (Å²) in [6.45, 7) is 2.93. The number of hydrogen-bond donors (Lipinski definition) is 3. The van der Waals surface area contributed by atoms with Crippen LogP contribution in [-0.2, 0) is 13.6 Å². The van der Waals surface area contributed by atoms with Crippen LogP contribution in [0.1, 0.15) is 24.4 Å². The molecule has 28 heavy (non-hydrogen) atoms.